The van der Waals surface area contributed by atoms with Crippen LogP contribution in [0.1, 0.15) is 20.9 Å². The molecule has 0 fully saturated rings. The van der Waals surface area contributed by atoms with Crippen LogP contribution in [-0.4, -0.2) is 0 Å². The smallest absolute Gasteiger partial charge is 0.0276 e. The van der Waals surface area contributed by atoms with Crippen LogP contribution in [0.5, 0.6) is 0 Å². The minimum Gasteiger partial charge on any atom is -0.137 e. The molecule has 21 heavy (non-hydrogen) atoms. The Bertz CT molecular complexity index is 670. The molecular formula is C20H16S. The highest BCUT2D eigenvalue weighted by molar-refractivity contribution is 7.13. The summed E-state index contributed by atoms with van der Waals surface area (Å²) in [6, 6.07) is 25.1. The molecule has 3 aromatic rings. The minimum atomic E-state index is 1.23. The van der Waals surface area contributed by atoms with Crippen LogP contribution in [0.3, 0.4) is 0 Å². The molecule has 0 unspecified atom stereocenters. The number of thiophene rings is 1. The van der Waals surface area contributed by atoms with Crippen LogP contribution in [-0.2, 0) is 0 Å². The third kappa shape index (κ3) is 4.04. The average molecular weight is 288 g/mol. The first-order valence-corrected chi connectivity index (χ1v) is 7.78. The van der Waals surface area contributed by atoms with Gasteiger partial charge in [-0.3, -0.25) is 0 Å². The molecule has 2 aromatic carbocycles. The van der Waals surface area contributed by atoms with Crippen LogP contribution >= 0.6 is 11.3 Å². The predicted molar refractivity (Wildman–Crippen MR) is 95.1 cm³/mol. The molecule has 0 bridgehead atoms. The summed E-state index contributed by atoms with van der Waals surface area (Å²) in [4.78, 5) is 2.54. The first kappa shape index (κ1) is 13.6. The van der Waals surface area contributed by atoms with E-state index in [9.17, 15) is 0 Å². The van der Waals surface area contributed by atoms with E-state index in [4.69, 9.17) is 0 Å². The second-order valence-corrected chi connectivity index (χ2v) is 5.88. The van der Waals surface area contributed by atoms with Crippen LogP contribution < -0.4 is 0 Å². The summed E-state index contributed by atoms with van der Waals surface area (Å²) in [7, 11) is 0. The van der Waals surface area contributed by atoms with Crippen LogP contribution in [0.2, 0.25) is 0 Å². The van der Waals surface area contributed by atoms with Gasteiger partial charge in [-0.25, -0.2) is 0 Å². The molecule has 0 aliphatic heterocycles. The Morgan fingerprint density at radius 1 is 0.476 bits per heavy atom. The van der Waals surface area contributed by atoms with E-state index in [1.165, 1.54) is 20.9 Å². The van der Waals surface area contributed by atoms with Crippen LogP contribution in [0.15, 0.2) is 72.8 Å². The summed E-state index contributed by atoms with van der Waals surface area (Å²) >= 11 is 1.80. The first-order valence-electron chi connectivity index (χ1n) is 6.96. The molecule has 0 radical (unpaired) electrons. The highest BCUT2D eigenvalue weighted by atomic mass is 32.1. The zero-order valence-corrected chi connectivity index (χ0v) is 12.5. The summed E-state index contributed by atoms with van der Waals surface area (Å²) in [6.45, 7) is 0. The van der Waals surface area contributed by atoms with Gasteiger partial charge in [0.25, 0.3) is 0 Å². The number of hydrogen-bond acceptors (Lipinski definition) is 1. The van der Waals surface area contributed by atoms with Gasteiger partial charge in [-0.05, 0) is 35.4 Å². The molecule has 0 spiro atoms. The second-order valence-electron chi connectivity index (χ2n) is 4.73. The lowest BCUT2D eigenvalue weighted by atomic mass is 10.2. The van der Waals surface area contributed by atoms with E-state index in [1.54, 1.807) is 11.3 Å². The highest BCUT2D eigenvalue weighted by Crippen LogP contribution is 2.21. The van der Waals surface area contributed by atoms with Crippen molar-refractivity contribution >= 4 is 35.6 Å². The highest BCUT2D eigenvalue weighted by Gasteiger charge is 1.94. The maximum Gasteiger partial charge on any atom is 0.0276 e. The standard InChI is InChI=1S/C20H16S/c1-3-7-17(8-4-1)11-13-19-15-16-20(21-19)14-12-18-9-5-2-6-10-18/h1-16H/b13-11+,14-12+. The first-order chi connectivity index (χ1) is 10.4. The molecule has 1 heterocycles. The summed E-state index contributed by atoms with van der Waals surface area (Å²) in [5.74, 6) is 0. The topological polar surface area (TPSA) is 0 Å². The van der Waals surface area contributed by atoms with Gasteiger partial charge in [0.2, 0.25) is 0 Å². The lowest BCUT2D eigenvalue weighted by Crippen LogP contribution is -1.67. The molecule has 1 aromatic heterocycles. The SMILES string of the molecule is C(=C\c1ccc(/C=C/c2ccccc2)s1)/c1ccccc1. The summed E-state index contributed by atoms with van der Waals surface area (Å²) in [5, 5.41) is 0. The Kier molecular flexibility index (Phi) is 4.45. The van der Waals surface area contributed by atoms with E-state index in [1.807, 2.05) is 12.1 Å². The summed E-state index contributed by atoms with van der Waals surface area (Å²) in [6.07, 6.45) is 8.63. The van der Waals surface area contributed by atoms with Gasteiger partial charge in [-0.1, -0.05) is 72.8 Å². The zero-order valence-electron chi connectivity index (χ0n) is 11.6. The molecule has 102 valence electrons. The molecule has 0 saturated carbocycles. The number of rotatable bonds is 4. The van der Waals surface area contributed by atoms with Gasteiger partial charge in [0, 0.05) is 9.75 Å². The van der Waals surface area contributed by atoms with E-state index >= 15 is 0 Å². The van der Waals surface area contributed by atoms with Crippen molar-refractivity contribution in [2.45, 2.75) is 0 Å². The number of hydrogen-bond donors (Lipinski definition) is 0. The Balaban J connectivity index is 1.69. The zero-order chi connectivity index (χ0) is 14.3. The van der Waals surface area contributed by atoms with Crippen molar-refractivity contribution < 1.29 is 0 Å². The molecule has 0 nitrogen and oxygen atoms in total. The van der Waals surface area contributed by atoms with E-state index in [2.05, 4.69) is 85.0 Å². The Labute approximate surface area is 129 Å². The van der Waals surface area contributed by atoms with Gasteiger partial charge in [0.15, 0.2) is 0 Å². The monoisotopic (exact) mass is 288 g/mol. The fourth-order valence-corrected chi connectivity index (χ4v) is 2.85. The molecular weight excluding hydrogens is 272 g/mol. The quantitative estimate of drug-likeness (QED) is 0.545. The van der Waals surface area contributed by atoms with E-state index < -0.39 is 0 Å². The van der Waals surface area contributed by atoms with Crippen LogP contribution in [0.4, 0.5) is 0 Å². The summed E-state index contributed by atoms with van der Waals surface area (Å²) in [5.41, 5.74) is 2.46. The van der Waals surface area contributed by atoms with Crippen molar-refractivity contribution in [2.24, 2.45) is 0 Å². The third-order valence-electron chi connectivity index (χ3n) is 3.13. The van der Waals surface area contributed by atoms with Crippen molar-refractivity contribution in [1.29, 1.82) is 0 Å². The molecule has 1 heteroatoms. The molecule has 0 atom stereocenters. The van der Waals surface area contributed by atoms with E-state index in [-0.39, 0.29) is 0 Å². The van der Waals surface area contributed by atoms with Crippen molar-refractivity contribution in [3.63, 3.8) is 0 Å². The third-order valence-corrected chi connectivity index (χ3v) is 4.14. The number of benzene rings is 2. The lowest BCUT2D eigenvalue weighted by Gasteiger charge is -1.91. The van der Waals surface area contributed by atoms with Gasteiger partial charge in [-0.2, -0.15) is 0 Å². The predicted octanol–water partition coefficient (Wildman–Crippen LogP) is 6.09. The van der Waals surface area contributed by atoms with E-state index in [0.717, 1.165) is 0 Å². The second kappa shape index (κ2) is 6.87. The Morgan fingerprint density at radius 3 is 1.33 bits per heavy atom. The fourth-order valence-electron chi connectivity index (χ4n) is 2.03. The van der Waals surface area contributed by atoms with Crippen molar-refractivity contribution in [3.05, 3.63) is 93.7 Å². The van der Waals surface area contributed by atoms with Gasteiger partial charge >= 0.3 is 0 Å². The van der Waals surface area contributed by atoms with Gasteiger partial charge in [0.1, 0.15) is 0 Å². The molecule has 0 N–H and O–H groups in total. The average Bonchev–Trinajstić information content (AvgIpc) is 3.01. The molecule has 0 aliphatic carbocycles. The molecule has 3 rings (SSSR count). The van der Waals surface area contributed by atoms with Crippen molar-refractivity contribution in [2.75, 3.05) is 0 Å². The summed E-state index contributed by atoms with van der Waals surface area (Å²) < 4.78 is 0. The van der Waals surface area contributed by atoms with Crippen molar-refractivity contribution in [3.8, 4) is 0 Å². The largest absolute Gasteiger partial charge is 0.137 e. The van der Waals surface area contributed by atoms with Crippen LogP contribution in [0.25, 0.3) is 24.3 Å². The Morgan fingerprint density at radius 2 is 0.905 bits per heavy atom. The normalized spacial score (nSPS) is 11.4. The van der Waals surface area contributed by atoms with Gasteiger partial charge < -0.3 is 0 Å². The van der Waals surface area contributed by atoms with Gasteiger partial charge in [-0.15, -0.1) is 11.3 Å². The molecule has 0 amide bonds. The molecule has 0 aliphatic rings. The van der Waals surface area contributed by atoms with Crippen LogP contribution in [0, 0.1) is 0 Å². The van der Waals surface area contributed by atoms with Crippen molar-refractivity contribution in [1.82, 2.24) is 0 Å². The Hall–Kier alpha value is -2.38. The fraction of sp³-hybridized carbons (Fsp3) is 0. The lowest BCUT2D eigenvalue weighted by molar-refractivity contribution is 1.67. The maximum absolute atomic E-state index is 2.17. The van der Waals surface area contributed by atoms with Gasteiger partial charge in [0.05, 0.1) is 0 Å². The molecule has 0 saturated heterocycles. The van der Waals surface area contributed by atoms with E-state index in [0.29, 0.717) is 0 Å². The maximum atomic E-state index is 2.17. The minimum absolute atomic E-state index is 1.23.